The van der Waals surface area contributed by atoms with Gasteiger partial charge in [0.2, 0.25) is 0 Å². The number of amides is 1. The number of carbonyl (C=O) groups excluding carboxylic acids is 1. The van der Waals surface area contributed by atoms with Crippen molar-refractivity contribution in [3.8, 4) is 5.75 Å². The number of benzene rings is 2. The van der Waals surface area contributed by atoms with Gasteiger partial charge in [-0.2, -0.15) is 0 Å². The standard InChI is InChI=1S/C24H28N2O4/c1-17-23(19(3)30-26-17)16-29-22-12-7-11-21(15-22)24(27)25-13-8-14-28-18(2)20-9-5-4-6-10-20/h4-7,9-12,15,18H,8,13-14,16H2,1-3H3,(H,25,27). The summed E-state index contributed by atoms with van der Waals surface area (Å²) in [4.78, 5) is 12.4. The summed E-state index contributed by atoms with van der Waals surface area (Å²) in [6.45, 7) is 7.24. The second-order valence-corrected chi connectivity index (χ2v) is 7.15. The van der Waals surface area contributed by atoms with Crippen LogP contribution in [0.3, 0.4) is 0 Å². The number of rotatable bonds is 10. The fourth-order valence-corrected chi connectivity index (χ4v) is 3.05. The summed E-state index contributed by atoms with van der Waals surface area (Å²) in [5.74, 6) is 1.24. The van der Waals surface area contributed by atoms with Crippen LogP contribution in [0.4, 0.5) is 0 Å². The highest BCUT2D eigenvalue weighted by atomic mass is 16.5. The maximum atomic E-state index is 12.4. The second-order valence-electron chi connectivity index (χ2n) is 7.15. The molecule has 0 radical (unpaired) electrons. The van der Waals surface area contributed by atoms with Gasteiger partial charge < -0.3 is 19.3 Å². The molecule has 0 aliphatic carbocycles. The van der Waals surface area contributed by atoms with Gasteiger partial charge in [-0.1, -0.05) is 41.6 Å². The molecule has 0 saturated carbocycles. The number of aryl methyl sites for hydroxylation is 2. The molecule has 0 spiro atoms. The van der Waals surface area contributed by atoms with E-state index in [0.29, 0.717) is 31.1 Å². The van der Waals surface area contributed by atoms with E-state index in [0.717, 1.165) is 29.0 Å². The minimum atomic E-state index is -0.131. The quantitative estimate of drug-likeness (QED) is 0.489. The molecule has 3 aromatic rings. The molecule has 3 rings (SSSR count). The first-order valence-corrected chi connectivity index (χ1v) is 10.1. The molecule has 6 heteroatoms. The number of hydrogen-bond acceptors (Lipinski definition) is 5. The van der Waals surface area contributed by atoms with E-state index in [4.69, 9.17) is 14.0 Å². The van der Waals surface area contributed by atoms with E-state index >= 15 is 0 Å². The molecule has 6 nitrogen and oxygen atoms in total. The first-order valence-electron chi connectivity index (χ1n) is 10.1. The molecule has 158 valence electrons. The van der Waals surface area contributed by atoms with Crippen molar-refractivity contribution in [1.29, 1.82) is 0 Å². The van der Waals surface area contributed by atoms with Crippen LogP contribution in [0.15, 0.2) is 59.1 Å². The van der Waals surface area contributed by atoms with Crippen LogP contribution in [0.5, 0.6) is 5.75 Å². The highest BCUT2D eigenvalue weighted by Crippen LogP contribution is 2.19. The van der Waals surface area contributed by atoms with Gasteiger partial charge in [-0.15, -0.1) is 0 Å². The van der Waals surface area contributed by atoms with E-state index in [1.807, 2.05) is 63.2 Å². The first-order chi connectivity index (χ1) is 14.5. The van der Waals surface area contributed by atoms with E-state index in [1.54, 1.807) is 12.1 Å². The lowest BCUT2D eigenvalue weighted by Crippen LogP contribution is -2.25. The van der Waals surface area contributed by atoms with Crippen molar-refractivity contribution >= 4 is 5.91 Å². The normalized spacial score (nSPS) is 11.8. The van der Waals surface area contributed by atoms with E-state index in [1.165, 1.54) is 0 Å². The third-order valence-corrected chi connectivity index (χ3v) is 4.90. The highest BCUT2D eigenvalue weighted by molar-refractivity contribution is 5.94. The Kier molecular flexibility index (Phi) is 7.63. The molecule has 30 heavy (non-hydrogen) atoms. The Labute approximate surface area is 177 Å². The van der Waals surface area contributed by atoms with Crippen molar-refractivity contribution in [3.05, 3.63) is 82.7 Å². The van der Waals surface area contributed by atoms with Crippen molar-refractivity contribution < 1.29 is 18.8 Å². The van der Waals surface area contributed by atoms with Gasteiger partial charge in [0.1, 0.15) is 18.1 Å². The van der Waals surface area contributed by atoms with Gasteiger partial charge in [0.05, 0.1) is 17.4 Å². The molecule has 1 aromatic heterocycles. The van der Waals surface area contributed by atoms with Crippen molar-refractivity contribution in [2.24, 2.45) is 0 Å². The zero-order valence-electron chi connectivity index (χ0n) is 17.7. The highest BCUT2D eigenvalue weighted by Gasteiger charge is 2.11. The molecule has 1 unspecified atom stereocenters. The van der Waals surface area contributed by atoms with E-state index in [2.05, 4.69) is 10.5 Å². The molecule has 1 amide bonds. The van der Waals surface area contributed by atoms with Gasteiger partial charge in [-0.3, -0.25) is 4.79 Å². The van der Waals surface area contributed by atoms with Crippen molar-refractivity contribution in [2.75, 3.05) is 13.2 Å². The van der Waals surface area contributed by atoms with Crippen molar-refractivity contribution in [1.82, 2.24) is 10.5 Å². The van der Waals surface area contributed by atoms with Crippen molar-refractivity contribution in [2.45, 2.75) is 39.9 Å². The summed E-state index contributed by atoms with van der Waals surface area (Å²) in [5.41, 5.74) is 3.44. The van der Waals surface area contributed by atoms with Crippen LogP contribution in [0.25, 0.3) is 0 Å². The number of ether oxygens (including phenoxy) is 2. The Hall–Kier alpha value is -3.12. The van der Waals surface area contributed by atoms with Crippen LogP contribution < -0.4 is 10.1 Å². The molecule has 1 heterocycles. The number of aromatic nitrogens is 1. The van der Waals surface area contributed by atoms with Crippen LogP contribution in [-0.4, -0.2) is 24.2 Å². The Morgan fingerprint density at radius 2 is 1.93 bits per heavy atom. The number of nitrogens with zero attached hydrogens (tertiary/aromatic N) is 1. The van der Waals surface area contributed by atoms with Gasteiger partial charge in [0.25, 0.3) is 5.91 Å². The van der Waals surface area contributed by atoms with E-state index in [-0.39, 0.29) is 12.0 Å². The average Bonchev–Trinajstić information content (AvgIpc) is 3.09. The summed E-state index contributed by atoms with van der Waals surface area (Å²) in [6.07, 6.45) is 0.777. The van der Waals surface area contributed by atoms with E-state index < -0.39 is 0 Å². The van der Waals surface area contributed by atoms with Gasteiger partial charge in [0.15, 0.2) is 0 Å². The predicted octanol–water partition coefficient (Wildman–Crippen LogP) is 4.77. The van der Waals surface area contributed by atoms with E-state index in [9.17, 15) is 4.79 Å². The molecule has 0 aliphatic rings. The second kappa shape index (κ2) is 10.6. The summed E-state index contributed by atoms with van der Waals surface area (Å²) in [5, 5.41) is 6.85. The Bertz CT molecular complexity index is 933. The largest absolute Gasteiger partial charge is 0.489 e. The molecular weight excluding hydrogens is 380 g/mol. The topological polar surface area (TPSA) is 73.6 Å². The Morgan fingerprint density at radius 1 is 1.13 bits per heavy atom. The average molecular weight is 408 g/mol. The summed E-state index contributed by atoms with van der Waals surface area (Å²) >= 11 is 0. The third kappa shape index (κ3) is 5.94. The molecule has 0 bridgehead atoms. The minimum Gasteiger partial charge on any atom is -0.489 e. The van der Waals surface area contributed by atoms with Crippen LogP contribution in [0.2, 0.25) is 0 Å². The fourth-order valence-electron chi connectivity index (χ4n) is 3.05. The number of carbonyl (C=O) groups is 1. The lowest BCUT2D eigenvalue weighted by atomic mass is 10.1. The van der Waals surface area contributed by atoms with Gasteiger partial charge in [-0.05, 0) is 51.0 Å². The molecule has 2 aromatic carbocycles. The van der Waals surface area contributed by atoms with Crippen molar-refractivity contribution in [3.63, 3.8) is 0 Å². The van der Waals surface area contributed by atoms with Gasteiger partial charge in [0, 0.05) is 18.7 Å². The Balaban J connectivity index is 1.41. The first kappa shape index (κ1) is 21.6. The van der Waals surface area contributed by atoms with Crippen LogP contribution in [0.1, 0.15) is 52.4 Å². The minimum absolute atomic E-state index is 0.0356. The zero-order chi connectivity index (χ0) is 21.3. The maximum Gasteiger partial charge on any atom is 0.251 e. The molecule has 0 aliphatic heterocycles. The summed E-state index contributed by atoms with van der Waals surface area (Å²) in [6, 6.07) is 17.2. The monoisotopic (exact) mass is 408 g/mol. The number of nitrogens with one attached hydrogen (secondary N) is 1. The van der Waals surface area contributed by atoms with Crippen LogP contribution in [-0.2, 0) is 11.3 Å². The zero-order valence-corrected chi connectivity index (χ0v) is 17.7. The maximum absolute atomic E-state index is 12.4. The molecule has 1 atom stereocenters. The van der Waals surface area contributed by atoms with Gasteiger partial charge >= 0.3 is 0 Å². The molecular formula is C24H28N2O4. The molecule has 1 N–H and O–H groups in total. The SMILES string of the molecule is Cc1noc(C)c1COc1cccc(C(=O)NCCCOC(C)c2ccccc2)c1. The smallest absolute Gasteiger partial charge is 0.251 e. The summed E-state index contributed by atoms with van der Waals surface area (Å²) in [7, 11) is 0. The Morgan fingerprint density at radius 3 is 2.67 bits per heavy atom. The third-order valence-electron chi connectivity index (χ3n) is 4.90. The summed E-state index contributed by atoms with van der Waals surface area (Å²) < 4.78 is 16.8. The molecule has 0 saturated heterocycles. The predicted molar refractivity (Wildman–Crippen MR) is 115 cm³/mol. The van der Waals surface area contributed by atoms with Gasteiger partial charge in [-0.25, -0.2) is 0 Å². The lowest BCUT2D eigenvalue weighted by molar-refractivity contribution is 0.0635. The van der Waals surface area contributed by atoms with Crippen LogP contribution in [0, 0.1) is 13.8 Å². The number of hydrogen-bond donors (Lipinski definition) is 1. The lowest BCUT2D eigenvalue weighted by Gasteiger charge is -2.13. The fraction of sp³-hybridized carbons (Fsp3) is 0.333. The molecule has 0 fully saturated rings. The van der Waals surface area contributed by atoms with Crippen LogP contribution >= 0.6 is 0 Å².